The van der Waals surface area contributed by atoms with Gasteiger partial charge in [0.25, 0.3) is 5.91 Å². The molecule has 2 heterocycles. The summed E-state index contributed by atoms with van der Waals surface area (Å²) in [6.45, 7) is 4.24. The van der Waals surface area contributed by atoms with Gasteiger partial charge in [-0.3, -0.25) is 9.78 Å². The Kier molecular flexibility index (Phi) is 7.09. The Morgan fingerprint density at radius 2 is 1.86 bits per heavy atom. The van der Waals surface area contributed by atoms with Gasteiger partial charge in [0, 0.05) is 55.7 Å². The fraction of sp³-hybridized carbons (Fsp3) is 0.379. The predicted octanol–water partition coefficient (Wildman–Crippen LogP) is 3.80. The van der Waals surface area contributed by atoms with Gasteiger partial charge in [-0.05, 0) is 67.8 Å². The minimum atomic E-state index is -0.0822. The number of carbonyl (C=O) groups is 1. The third-order valence-electron chi connectivity index (χ3n) is 7.35. The standard InChI is InChI=1S/C29H34N4O3/c1-32-13-15-33(16-14-32)27-6-4-5-20-7-9-22(17-25(20)27)31-29(34)21-8-12-26(30-19-21)24-11-10-23(35-2)18-28(24)36-3/h4-6,8,10-12,18-19,22H,7,9,13-17H2,1-3H3,(H,31,34)/t22-/m1/s1. The molecule has 5 rings (SSSR count). The smallest absolute Gasteiger partial charge is 0.253 e. The molecule has 1 amide bonds. The minimum Gasteiger partial charge on any atom is -0.497 e. The van der Waals surface area contributed by atoms with Crippen molar-refractivity contribution in [1.82, 2.24) is 15.2 Å². The molecule has 0 spiro atoms. The third-order valence-corrected chi connectivity index (χ3v) is 7.35. The van der Waals surface area contributed by atoms with Crippen molar-refractivity contribution in [2.45, 2.75) is 25.3 Å². The zero-order valence-corrected chi connectivity index (χ0v) is 21.3. The summed E-state index contributed by atoms with van der Waals surface area (Å²) < 4.78 is 10.8. The van der Waals surface area contributed by atoms with Gasteiger partial charge in [0.1, 0.15) is 11.5 Å². The van der Waals surface area contributed by atoms with Gasteiger partial charge >= 0.3 is 0 Å². The highest BCUT2D eigenvalue weighted by Crippen LogP contribution is 2.33. The van der Waals surface area contributed by atoms with Crippen LogP contribution in [0.25, 0.3) is 11.3 Å². The number of carbonyl (C=O) groups excluding carboxylic acids is 1. The Bertz CT molecular complexity index is 1220. The molecule has 2 aliphatic rings. The van der Waals surface area contributed by atoms with Gasteiger partial charge in [-0.2, -0.15) is 0 Å². The fourth-order valence-electron chi connectivity index (χ4n) is 5.20. The lowest BCUT2D eigenvalue weighted by molar-refractivity contribution is 0.0933. The molecule has 1 fully saturated rings. The van der Waals surface area contributed by atoms with E-state index in [0.717, 1.165) is 62.4 Å². The molecule has 1 N–H and O–H groups in total. The second-order valence-corrected chi connectivity index (χ2v) is 9.62. The van der Waals surface area contributed by atoms with Gasteiger partial charge in [0.05, 0.1) is 25.5 Å². The Morgan fingerprint density at radius 1 is 1.03 bits per heavy atom. The summed E-state index contributed by atoms with van der Waals surface area (Å²) in [7, 11) is 5.42. The molecule has 0 bridgehead atoms. The maximum atomic E-state index is 13.1. The van der Waals surface area contributed by atoms with E-state index in [1.807, 2.05) is 30.3 Å². The number of amides is 1. The Balaban J connectivity index is 1.28. The van der Waals surface area contributed by atoms with Crippen LogP contribution in [-0.4, -0.2) is 69.3 Å². The van der Waals surface area contributed by atoms with Crippen LogP contribution in [0.2, 0.25) is 0 Å². The fourth-order valence-corrected chi connectivity index (χ4v) is 5.20. The summed E-state index contributed by atoms with van der Waals surface area (Å²) in [4.78, 5) is 22.5. The highest BCUT2D eigenvalue weighted by molar-refractivity contribution is 5.94. The van der Waals surface area contributed by atoms with Crippen LogP contribution >= 0.6 is 0 Å². The number of piperazine rings is 1. The van der Waals surface area contributed by atoms with Crippen molar-refractivity contribution in [3.05, 3.63) is 71.4 Å². The molecule has 188 valence electrons. The highest BCUT2D eigenvalue weighted by Gasteiger charge is 2.26. The van der Waals surface area contributed by atoms with Crippen LogP contribution in [0.1, 0.15) is 27.9 Å². The molecular formula is C29H34N4O3. The number of nitrogens with zero attached hydrogens (tertiary/aromatic N) is 3. The number of aromatic nitrogens is 1. The number of rotatable bonds is 6. The number of pyridine rings is 1. The number of hydrogen-bond acceptors (Lipinski definition) is 6. The summed E-state index contributed by atoms with van der Waals surface area (Å²) in [6, 6.07) is 16.1. The highest BCUT2D eigenvalue weighted by atomic mass is 16.5. The van der Waals surface area contributed by atoms with Gasteiger partial charge in [-0.1, -0.05) is 12.1 Å². The molecule has 2 aromatic carbocycles. The van der Waals surface area contributed by atoms with Crippen LogP contribution in [-0.2, 0) is 12.8 Å². The van der Waals surface area contributed by atoms with Gasteiger partial charge in [-0.25, -0.2) is 0 Å². The van der Waals surface area contributed by atoms with E-state index in [-0.39, 0.29) is 11.9 Å². The first-order valence-electron chi connectivity index (χ1n) is 12.6. The number of aryl methyl sites for hydroxylation is 1. The number of benzene rings is 2. The van der Waals surface area contributed by atoms with E-state index in [2.05, 4.69) is 45.3 Å². The average molecular weight is 487 g/mol. The quantitative estimate of drug-likeness (QED) is 0.572. The molecule has 1 aliphatic heterocycles. The van der Waals surface area contributed by atoms with E-state index >= 15 is 0 Å². The lowest BCUT2D eigenvalue weighted by atomic mass is 9.86. The van der Waals surface area contributed by atoms with Crippen LogP contribution < -0.4 is 19.7 Å². The van der Waals surface area contributed by atoms with E-state index in [9.17, 15) is 4.79 Å². The maximum Gasteiger partial charge on any atom is 0.253 e. The molecule has 1 saturated heterocycles. The zero-order chi connectivity index (χ0) is 25.1. The lowest BCUT2D eigenvalue weighted by Crippen LogP contribution is -2.45. The molecule has 7 heteroatoms. The zero-order valence-electron chi connectivity index (χ0n) is 21.3. The first-order chi connectivity index (χ1) is 17.6. The van der Waals surface area contributed by atoms with Crippen LogP contribution in [0.3, 0.4) is 0 Å². The summed E-state index contributed by atoms with van der Waals surface area (Å²) in [5.74, 6) is 1.31. The summed E-state index contributed by atoms with van der Waals surface area (Å²) in [5.41, 5.74) is 6.29. The molecule has 1 aliphatic carbocycles. The predicted molar refractivity (Wildman–Crippen MR) is 142 cm³/mol. The van der Waals surface area contributed by atoms with E-state index in [0.29, 0.717) is 11.3 Å². The average Bonchev–Trinajstić information content (AvgIpc) is 2.93. The maximum absolute atomic E-state index is 13.1. The Morgan fingerprint density at radius 3 is 2.58 bits per heavy atom. The number of methoxy groups -OCH3 is 2. The van der Waals surface area contributed by atoms with Gasteiger partial charge in [0.15, 0.2) is 0 Å². The normalized spacial score (nSPS) is 17.9. The number of hydrogen-bond donors (Lipinski definition) is 1. The molecule has 3 aromatic rings. The van der Waals surface area contributed by atoms with Gasteiger partial charge in [0.2, 0.25) is 0 Å². The number of anilines is 1. The number of fused-ring (bicyclic) bond motifs is 1. The minimum absolute atomic E-state index is 0.0822. The molecule has 1 atom stereocenters. The van der Waals surface area contributed by atoms with Gasteiger partial charge in [-0.15, -0.1) is 0 Å². The topological polar surface area (TPSA) is 66.9 Å². The molecule has 0 radical (unpaired) electrons. The first-order valence-corrected chi connectivity index (χ1v) is 12.6. The molecule has 36 heavy (non-hydrogen) atoms. The van der Waals surface area contributed by atoms with Crippen LogP contribution in [0.4, 0.5) is 5.69 Å². The molecule has 0 unspecified atom stereocenters. The summed E-state index contributed by atoms with van der Waals surface area (Å²) in [5, 5.41) is 3.26. The van der Waals surface area contributed by atoms with Crippen LogP contribution in [0.5, 0.6) is 11.5 Å². The van der Waals surface area contributed by atoms with Crippen molar-refractivity contribution in [2.24, 2.45) is 0 Å². The third kappa shape index (κ3) is 5.02. The molecule has 7 nitrogen and oxygen atoms in total. The summed E-state index contributed by atoms with van der Waals surface area (Å²) >= 11 is 0. The summed E-state index contributed by atoms with van der Waals surface area (Å²) in [6.07, 6.45) is 4.43. The van der Waals surface area contributed by atoms with Crippen molar-refractivity contribution in [3.8, 4) is 22.8 Å². The second kappa shape index (κ2) is 10.6. The van der Waals surface area contributed by atoms with Crippen molar-refractivity contribution < 1.29 is 14.3 Å². The van der Waals surface area contributed by atoms with Crippen molar-refractivity contribution in [1.29, 1.82) is 0 Å². The second-order valence-electron chi connectivity index (χ2n) is 9.62. The van der Waals surface area contributed by atoms with Crippen molar-refractivity contribution in [3.63, 3.8) is 0 Å². The monoisotopic (exact) mass is 486 g/mol. The van der Waals surface area contributed by atoms with E-state index in [4.69, 9.17) is 9.47 Å². The SMILES string of the molecule is COc1ccc(-c2ccc(C(=O)N[C@@H]3CCc4cccc(N5CCN(C)CC5)c4C3)cn2)c(OC)c1. The first kappa shape index (κ1) is 24.1. The largest absolute Gasteiger partial charge is 0.497 e. The lowest BCUT2D eigenvalue weighted by Gasteiger charge is -2.37. The van der Waals surface area contributed by atoms with Crippen LogP contribution in [0, 0.1) is 0 Å². The van der Waals surface area contributed by atoms with Crippen molar-refractivity contribution in [2.75, 3.05) is 52.3 Å². The number of ether oxygens (including phenoxy) is 2. The van der Waals surface area contributed by atoms with E-state index < -0.39 is 0 Å². The van der Waals surface area contributed by atoms with Crippen molar-refractivity contribution >= 4 is 11.6 Å². The molecular weight excluding hydrogens is 452 g/mol. The molecule has 1 aromatic heterocycles. The Labute approximate surface area is 213 Å². The Hall–Kier alpha value is -3.58. The van der Waals surface area contributed by atoms with E-state index in [1.54, 1.807) is 20.4 Å². The van der Waals surface area contributed by atoms with E-state index in [1.165, 1.54) is 16.8 Å². The number of nitrogens with one attached hydrogen (secondary N) is 1. The van der Waals surface area contributed by atoms with Gasteiger partial charge < -0.3 is 24.6 Å². The number of likely N-dealkylation sites (N-methyl/N-ethyl adjacent to an activating group) is 1. The van der Waals surface area contributed by atoms with Crippen LogP contribution in [0.15, 0.2) is 54.7 Å². The molecule has 0 saturated carbocycles.